The van der Waals surface area contributed by atoms with Gasteiger partial charge in [-0.05, 0) is 50.2 Å². The molecule has 1 atom stereocenters. The molecule has 1 heterocycles. The minimum atomic E-state index is -3.08. The number of nitrogens with one attached hydrogen (secondary N) is 1. The molecule has 0 bridgehead atoms. The molecule has 0 fully saturated rings. The third-order valence-corrected chi connectivity index (χ3v) is 4.64. The van der Waals surface area contributed by atoms with Crippen LogP contribution in [0.1, 0.15) is 23.0 Å². The third kappa shape index (κ3) is 5.20. The highest BCUT2D eigenvalue weighted by atomic mass is 35.5. The molecule has 0 aliphatic carbocycles. The summed E-state index contributed by atoms with van der Waals surface area (Å²) in [6, 6.07) is 10.9. The van der Waals surface area contributed by atoms with Crippen molar-refractivity contribution in [2.75, 3.05) is 5.32 Å². The molecule has 168 valence electrons. The molecule has 1 amide bonds. The molecular formula is C21H17ClF3N3O4. The summed E-state index contributed by atoms with van der Waals surface area (Å²) in [6.45, 7) is -0.256. The highest BCUT2D eigenvalue weighted by Crippen LogP contribution is 2.27. The van der Waals surface area contributed by atoms with E-state index >= 15 is 0 Å². The quantitative estimate of drug-likeness (QED) is 0.507. The van der Waals surface area contributed by atoms with E-state index in [1.54, 1.807) is 0 Å². The van der Waals surface area contributed by atoms with Gasteiger partial charge in [0.05, 0.1) is 17.1 Å². The fraction of sp³-hybridized carbons (Fsp3) is 0.190. The fourth-order valence-electron chi connectivity index (χ4n) is 2.76. The van der Waals surface area contributed by atoms with Crippen LogP contribution in [0.15, 0.2) is 48.5 Å². The molecule has 0 aliphatic rings. The van der Waals surface area contributed by atoms with Crippen LogP contribution in [-0.4, -0.2) is 34.4 Å². The molecule has 3 aromatic rings. The molecule has 0 saturated carbocycles. The van der Waals surface area contributed by atoms with Crippen molar-refractivity contribution in [3.05, 3.63) is 70.8 Å². The van der Waals surface area contributed by atoms with Crippen LogP contribution in [0.4, 0.5) is 18.9 Å². The van der Waals surface area contributed by atoms with E-state index in [1.807, 2.05) is 0 Å². The number of hydrogen-bond acceptors (Lipinski definition) is 5. The molecule has 32 heavy (non-hydrogen) atoms. The molecule has 0 spiro atoms. The lowest BCUT2D eigenvalue weighted by molar-refractivity contribution is -0.123. The van der Waals surface area contributed by atoms with Crippen molar-refractivity contribution in [1.82, 2.24) is 9.78 Å². The number of esters is 1. The number of hydrogen-bond donors (Lipinski definition) is 1. The van der Waals surface area contributed by atoms with Gasteiger partial charge in [0.15, 0.2) is 6.10 Å². The van der Waals surface area contributed by atoms with Gasteiger partial charge in [-0.1, -0.05) is 23.7 Å². The molecule has 1 N–H and O–H groups in total. The molecule has 11 heteroatoms. The third-order valence-electron chi connectivity index (χ3n) is 4.29. The first-order valence-electron chi connectivity index (χ1n) is 9.24. The molecule has 2 aromatic carbocycles. The number of aryl methyl sites for hydroxylation is 1. The second-order valence-corrected chi connectivity index (χ2v) is 6.91. The Bertz CT molecular complexity index is 1140. The molecule has 7 nitrogen and oxygen atoms in total. The summed E-state index contributed by atoms with van der Waals surface area (Å²) in [6.07, 6.45) is -1.30. The van der Waals surface area contributed by atoms with Crippen molar-refractivity contribution in [2.45, 2.75) is 26.6 Å². The van der Waals surface area contributed by atoms with Crippen LogP contribution < -0.4 is 10.1 Å². The minimum absolute atomic E-state index is 0.0148. The first-order chi connectivity index (χ1) is 15.2. The van der Waals surface area contributed by atoms with Crippen molar-refractivity contribution in [3.8, 4) is 11.4 Å². The van der Waals surface area contributed by atoms with Crippen LogP contribution in [0, 0.1) is 12.7 Å². The molecular weight excluding hydrogens is 451 g/mol. The Balaban J connectivity index is 1.74. The summed E-state index contributed by atoms with van der Waals surface area (Å²) in [5, 5.41) is 6.46. The lowest BCUT2D eigenvalue weighted by Crippen LogP contribution is -2.30. The smallest absolute Gasteiger partial charge is 0.387 e. The van der Waals surface area contributed by atoms with E-state index < -0.39 is 30.4 Å². The maximum absolute atomic E-state index is 13.2. The Morgan fingerprint density at radius 1 is 1.12 bits per heavy atom. The molecule has 0 aliphatic heterocycles. The second kappa shape index (κ2) is 9.73. The molecule has 3 rings (SSSR count). The average molecular weight is 468 g/mol. The van der Waals surface area contributed by atoms with Crippen molar-refractivity contribution < 1.29 is 32.2 Å². The fourth-order valence-corrected chi connectivity index (χ4v) is 3.11. The van der Waals surface area contributed by atoms with Crippen molar-refractivity contribution in [2.24, 2.45) is 0 Å². The van der Waals surface area contributed by atoms with Gasteiger partial charge in [-0.15, -0.1) is 0 Å². The summed E-state index contributed by atoms with van der Waals surface area (Å²) in [7, 11) is 0. The Labute approximate surface area is 185 Å². The van der Waals surface area contributed by atoms with Crippen LogP contribution in [0.5, 0.6) is 5.75 Å². The first-order valence-corrected chi connectivity index (χ1v) is 9.62. The summed E-state index contributed by atoms with van der Waals surface area (Å²) in [5.74, 6) is -2.38. The number of halogens is 4. The number of nitrogens with zero attached hydrogens (tertiary/aromatic N) is 2. The van der Waals surface area contributed by atoms with E-state index in [4.69, 9.17) is 16.3 Å². The summed E-state index contributed by atoms with van der Waals surface area (Å²) < 4.78 is 49.0. The maximum atomic E-state index is 13.2. The lowest BCUT2D eigenvalue weighted by Gasteiger charge is -2.15. The highest BCUT2D eigenvalue weighted by molar-refractivity contribution is 6.33. The van der Waals surface area contributed by atoms with Gasteiger partial charge in [-0.3, -0.25) is 4.79 Å². The Hall–Kier alpha value is -3.53. The zero-order valence-electron chi connectivity index (χ0n) is 16.8. The summed E-state index contributed by atoms with van der Waals surface area (Å²) in [4.78, 5) is 25.1. The van der Waals surface area contributed by atoms with E-state index in [0.717, 1.165) is 0 Å². The van der Waals surface area contributed by atoms with Crippen LogP contribution in [0.25, 0.3) is 5.69 Å². The largest absolute Gasteiger partial charge is 0.449 e. The van der Waals surface area contributed by atoms with E-state index in [1.165, 1.54) is 67.1 Å². The topological polar surface area (TPSA) is 82.5 Å². The molecule has 0 saturated heterocycles. The zero-order valence-corrected chi connectivity index (χ0v) is 17.6. The molecule has 0 radical (unpaired) electrons. The molecule has 1 unspecified atom stereocenters. The van der Waals surface area contributed by atoms with Gasteiger partial charge in [-0.25, -0.2) is 13.9 Å². The first kappa shape index (κ1) is 23.1. The van der Waals surface area contributed by atoms with E-state index in [0.29, 0.717) is 5.69 Å². The van der Waals surface area contributed by atoms with E-state index in [9.17, 15) is 22.8 Å². The van der Waals surface area contributed by atoms with Gasteiger partial charge in [0.2, 0.25) is 0 Å². The number of amides is 1. The lowest BCUT2D eigenvalue weighted by atomic mass is 10.2. The van der Waals surface area contributed by atoms with E-state index in [2.05, 4.69) is 15.2 Å². The number of aromatic nitrogens is 2. The van der Waals surface area contributed by atoms with Crippen LogP contribution >= 0.6 is 11.6 Å². The number of ether oxygens (including phenoxy) is 2. The predicted octanol–water partition coefficient (Wildman–Crippen LogP) is 4.76. The number of carbonyl (C=O) groups is 2. The van der Waals surface area contributed by atoms with Crippen molar-refractivity contribution >= 4 is 29.2 Å². The Kier molecular flexibility index (Phi) is 7.04. The van der Waals surface area contributed by atoms with E-state index in [-0.39, 0.29) is 27.8 Å². The Morgan fingerprint density at radius 3 is 2.44 bits per heavy atom. The number of alkyl halides is 2. The van der Waals surface area contributed by atoms with Gasteiger partial charge in [0, 0.05) is 0 Å². The van der Waals surface area contributed by atoms with Gasteiger partial charge in [0.1, 0.15) is 22.3 Å². The van der Waals surface area contributed by atoms with Gasteiger partial charge >= 0.3 is 12.6 Å². The number of carbonyl (C=O) groups excluding carboxylic acids is 2. The second-order valence-electron chi connectivity index (χ2n) is 6.55. The monoisotopic (exact) mass is 467 g/mol. The number of anilines is 1. The van der Waals surface area contributed by atoms with Gasteiger partial charge in [-0.2, -0.15) is 13.9 Å². The standard InChI is InChI=1S/C21H17ClF3N3O4/c1-11-17(18(22)28(27-11)14-9-7-13(23)8-10-14)20(30)31-12(2)19(29)26-15-5-3-4-6-16(15)32-21(24)25/h3-10,12,21H,1-2H3,(H,26,29). The van der Waals surface area contributed by atoms with Crippen LogP contribution in [0.3, 0.4) is 0 Å². The zero-order chi connectivity index (χ0) is 23.4. The molecule has 1 aromatic heterocycles. The van der Waals surface area contributed by atoms with Gasteiger partial charge in [0.25, 0.3) is 5.91 Å². The minimum Gasteiger partial charge on any atom is -0.449 e. The number of rotatable bonds is 7. The summed E-state index contributed by atoms with van der Waals surface area (Å²) in [5.41, 5.74) is 0.559. The van der Waals surface area contributed by atoms with Gasteiger partial charge < -0.3 is 14.8 Å². The summed E-state index contributed by atoms with van der Waals surface area (Å²) >= 11 is 6.28. The maximum Gasteiger partial charge on any atom is 0.387 e. The van der Waals surface area contributed by atoms with Crippen molar-refractivity contribution in [3.63, 3.8) is 0 Å². The SMILES string of the molecule is Cc1nn(-c2ccc(F)cc2)c(Cl)c1C(=O)OC(C)C(=O)Nc1ccccc1OC(F)F. The van der Waals surface area contributed by atoms with Crippen LogP contribution in [0.2, 0.25) is 5.15 Å². The highest BCUT2D eigenvalue weighted by Gasteiger charge is 2.26. The Morgan fingerprint density at radius 2 is 1.78 bits per heavy atom. The predicted molar refractivity (Wildman–Crippen MR) is 110 cm³/mol. The van der Waals surface area contributed by atoms with Crippen molar-refractivity contribution in [1.29, 1.82) is 0 Å². The normalized spacial score (nSPS) is 11.8. The average Bonchev–Trinajstić information content (AvgIpc) is 3.03. The van der Waals surface area contributed by atoms with Crippen LogP contribution in [-0.2, 0) is 9.53 Å². The number of para-hydroxylation sites is 2. The number of benzene rings is 2.